The first-order valence-corrected chi connectivity index (χ1v) is 22.8. The maximum Gasteiger partial charge on any atom is 0.298 e. The van der Waals surface area contributed by atoms with Crippen molar-refractivity contribution >= 4 is 34.5 Å². The van der Waals surface area contributed by atoms with E-state index >= 15 is 0 Å². The lowest BCUT2D eigenvalue weighted by Gasteiger charge is -2.54. The quantitative estimate of drug-likeness (QED) is 0.120. The first-order chi connectivity index (χ1) is 32.5. The number of pyridine rings is 4. The molecule has 0 aromatic carbocycles. The van der Waals surface area contributed by atoms with E-state index in [0.29, 0.717) is 71.2 Å². The lowest BCUT2D eigenvalue weighted by atomic mass is 9.72. The van der Waals surface area contributed by atoms with Crippen molar-refractivity contribution in [1.29, 1.82) is 10.5 Å². The number of aromatic nitrogens is 6. The zero-order chi connectivity index (χ0) is 46.5. The molecular weight excluding hydrogens is 845 g/mol. The number of amides is 2. The van der Waals surface area contributed by atoms with Crippen LogP contribution < -0.4 is 19.3 Å². The molecule has 0 saturated carbocycles. The molecule has 4 saturated heterocycles. The zero-order valence-corrected chi connectivity index (χ0v) is 38.0. The van der Waals surface area contributed by atoms with Gasteiger partial charge in [-0.25, -0.2) is 19.0 Å². The molecule has 0 atom stereocenters. The Labute approximate surface area is 388 Å². The van der Waals surface area contributed by atoms with Crippen molar-refractivity contribution in [3.8, 4) is 57.7 Å². The topological polar surface area (TPSA) is 174 Å². The van der Waals surface area contributed by atoms with Gasteiger partial charge < -0.3 is 29.1 Å². The molecule has 16 nitrogen and oxygen atoms in total. The molecule has 6 aromatic rings. The molecule has 4 aliphatic rings. The first-order valence-electron chi connectivity index (χ1n) is 22.8. The predicted octanol–water partition coefficient (Wildman–Crippen LogP) is 6.13. The number of piperidine rings is 2. The van der Waals surface area contributed by atoms with Crippen LogP contribution in [0.3, 0.4) is 0 Å². The minimum absolute atomic E-state index is 0.0224. The van der Waals surface area contributed by atoms with Crippen LogP contribution in [0.15, 0.2) is 79.5 Å². The number of ether oxygens (including phenoxy) is 2. The van der Waals surface area contributed by atoms with E-state index in [1.54, 1.807) is 33.2 Å². The van der Waals surface area contributed by atoms with E-state index < -0.39 is 0 Å². The lowest BCUT2D eigenvalue weighted by molar-refractivity contribution is -0.138. The number of likely N-dealkylation sites (tertiary alicyclic amines) is 2. The van der Waals surface area contributed by atoms with Crippen LogP contribution in [-0.4, -0.2) is 116 Å². The Bertz CT molecular complexity index is 3080. The average Bonchev–Trinajstić information content (AvgIpc) is 3.96. The third-order valence-corrected chi connectivity index (χ3v) is 13.9. The molecule has 0 radical (unpaired) electrons. The summed E-state index contributed by atoms with van der Waals surface area (Å²) in [6.45, 7) is 16.4. The standard InChI is InChI=1S/C51H50N12O4/c1-5-66-39-21-40(47-37(23-52)27-56-62(47)29-39)35-7-10-44(54-25-35)58-17-13-51(14-18-58)32-61(33-51)46(64)12-9-42-43(67-6-2)22-41(48-38(24-53)28-57-63(42)48)36-8-11-45(55-26-36)60-30-50(31-60)15-19-59(20-16-50)49(65)34(3)4/h7-8,10-11,21-22,25-29H,3,5-6,13-20,30-33H2,1-2,4H3. The second-order valence-electron chi connectivity index (χ2n) is 18.3. The van der Waals surface area contributed by atoms with Crippen molar-refractivity contribution in [2.75, 3.05) is 75.4 Å². The van der Waals surface area contributed by atoms with Crippen LogP contribution in [0.25, 0.3) is 33.3 Å². The molecule has 0 aliphatic carbocycles. The van der Waals surface area contributed by atoms with Crippen LogP contribution in [-0.2, 0) is 9.59 Å². The van der Waals surface area contributed by atoms with Crippen LogP contribution in [0.5, 0.6) is 11.5 Å². The first kappa shape index (κ1) is 43.0. The predicted molar refractivity (Wildman–Crippen MR) is 251 cm³/mol. The van der Waals surface area contributed by atoms with Crippen LogP contribution in [0.2, 0.25) is 0 Å². The maximum absolute atomic E-state index is 13.6. The average molecular weight is 895 g/mol. The second kappa shape index (κ2) is 17.1. The van der Waals surface area contributed by atoms with Crippen molar-refractivity contribution in [3.05, 3.63) is 96.4 Å². The van der Waals surface area contributed by atoms with Crippen LogP contribution >= 0.6 is 0 Å². The monoisotopic (exact) mass is 894 g/mol. The molecule has 0 bridgehead atoms. The van der Waals surface area contributed by atoms with Crippen LogP contribution in [0, 0.1) is 45.3 Å². The van der Waals surface area contributed by atoms with Gasteiger partial charge in [0.2, 0.25) is 5.91 Å². The van der Waals surface area contributed by atoms with Gasteiger partial charge >= 0.3 is 0 Å². The van der Waals surface area contributed by atoms with Gasteiger partial charge in [-0.1, -0.05) is 6.58 Å². The number of hydrogen-bond acceptors (Lipinski definition) is 12. The van der Waals surface area contributed by atoms with Gasteiger partial charge in [0, 0.05) is 109 Å². The minimum atomic E-state index is -0.267. The Morgan fingerprint density at radius 3 is 1.94 bits per heavy atom. The smallest absolute Gasteiger partial charge is 0.298 e. The Hall–Kier alpha value is -7.90. The summed E-state index contributed by atoms with van der Waals surface area (Å²) < 4.78 is 15.2. The molecule has 0 unspecified atom stereocenters. The van der Waals surface area contributed by atoms with Crippen molar-refractivity contribution in [2.24, 2.45) is 10.8 Å². The summed E-state index contributed by atoms with van der Waals surface area (Å²) in [5, 5.41) is 28.8. The molecular formula is C51H50N12O4. The Morgan fingerprint density at radius 2 is 1.33 bits per heavy atom. The fraction of sp³-hybridized carbons (Fsp3) is 0.373. The third kappa shape index (κ3) is 7.80. The Morgan fingerprint density at radius 1 is 0.731 bits per heavy atom. The molecule has 4 aliphatic heterocycles. The molecule has 67 heavy (non-hydrogen) atoms. The summed E-state index contributed by atoms with van der Waals surface area (Å²) in [5.41, 5.74) is 6.53. The lowest BCUT2D eigenvalue weighted by Crippen LogP contribution is -2.61. The SMILES string of the molecule is C=C(C)C(=O)N1CCC2(CC1)CN(c1ccc(-c3cc(OCC)c(C#CC(=O)N4CC5(CCN(c6ccc(-c7cc(OCC)cn8ncc(C#N)c78)cn6)CC5)C4)n4ncc(C#N)c34)cn1)C2. The van der Waals surface area contributed by atoms with Crippen molar-refractivity contribution in [3.63, 3.8) is 0 Å². The fourth-order valence-corrected chi connectivity index (χ4v) is 10.3. The molecule has 6 aromatic heterocycles. The van der Waals surface area contributed by atoms with E-state index in [0.717, 1.165) is 98.8 Å². The molecule has 2 amide bonds. The Kier molecular flexibility index (Phi) is 11.0. The van der Waals surface area contributed by atoms with Crippen LogP contribution in [0.4, 0.5) is 11.6 Å². The molecule has 338 valence electrons. The normalized spacial score (nSPS) is 17.0. The third-order valence-electron chi connectivity index (χ3n) is 13.9. The van der Waals surface area contributed by atoms with Gasteiger partial charge in [0.1, 0.15) is 29.5 Å². The van der Waals surface area contributed by atoms with Gasteiger partial charge in [0.15, 0.2) is 11.4 Å². The van der Waals surface area contributed by atoms with E-state index in [1.807, 2.05) is 67.5 Å². The number of carbonyl (C=O) groups is 2. The van der Waals surface area contributed by atoms with Gasteiger partial charge in [0.05, 0.1) is 54.0 Å². The number of hydrogen-bond donors (Lipinski definition) is 0. The summed E-state index contributed by atoms with van der Waals surface area (Å²) in [4.78, 5) is 44.0. The van der Waals surface area contributed by atoms with Gasteiger partial charge in [0.25, 0.3) is 5.91 Å². The molecule has 0 N–H and O–H groups in total. The van der Waals surface area contributed by atoms with E-state index in [-0.39, 0.29) is 22.6 Å². The van der Waals surface area contributed by atoms with Gasteiger partial charge in [-0.15, -0.1) is 0 Å². The highest BCUT2D eigenvalue weighted by Gasteiger charge is 2.47. The van der Waals surface area contributed by atoms with Crippen LogP contribution in [0.1, 0.15) is 63.3 Å². The van der Waals surface area contributed by atoms with E-state index in [2.05, 4.69) is 50.6 Å². The minimum Gasteiger partial charge on any atom is -0.492 e. The van der Waals surface area contributed by atoms with E-state index in [1.165, 1.54) is 6.20 Å². The van der Waals surface area contributed by atoms with Crippen molar-refractivity contribution < 1.29 is 19.1 Å². The van der Waals surface area contributed by atoms with E-state index in [4.69, 9.17) is 19.4 Å². The fourth-order valence-electron chi connectivity index (χ4n) is 10.3. The largest absolute Gasteiger partial charge is 0.492 e. The number of rotatable bonds is 9. The van der Waals surface area contributed by atoms with Crippen molar-refractivity contribution in [1.82, 2.24) is 39.0 Å². The summed E-state index contributed by atoms with van der Waals surface area (Å²) >= 11 is 0. The highest BCUT2D eigenvalue weighted by molar-refractivity contribution is 5.95. The number of anilines is 2. The van der Waals surface area contributed by atoms with Gasteiger partial charge in [-0.2, -0.15) is 20.7 Å². The summed E-state index contributed by atoms with van der Waals surface area (Å²) in [6, 6.07) is 16.4. The summed E-state index contributed by atoms with van der Waals surface area (Å²) in [7, 11) is 0. The van der Waals surface area contributed by atoms with Gasteiger partial charge in [-0.3, -0.25) is 9.59 Å². The van der Waals surface area contributed by atoms with Gasteiger partial charge in [-0.05, 0) is 88.8 Å². The molecule has 10 heterocycles. The number of nitriles is 2. The number of carbonyl (C=O) groups excluding carboxylic acids is 2. The number of fused-ring (bicyclic) bond motifs is 2. The second-order valence-corrected chi connectivity index (χ2v) is 18.3. The molecule has 16 heteroatoms. The summed E-state index contributed by atoms with van der Waals surface area (Å²) in [5.74, 6) is 8.60. The highest BCUT2D eigenvalue weighted by atomic mass is 16.5. The van der Waals surface area contributed by atoms with Crippen molar-refractivity contribution in [2.45, 2.75) is 46.5 Å². The maximum atomic E-state index is 13.6. The Balaban J connectivity index is 0.793. The summed E-state index contributed by atoms with van der Waals surface area (Å²) in [6.07, 6.45) is 12.3. The highest BCUT2D eigenvalue weighted by Crippen LogP contribution is 2.44. The molecule has 4 fully saturated rings. The molecule has 10 rings (SSSR count). The zero-order valence-electron chi connectivity index (χ0n) is 38.0. The van der Waals surface area contributed by atoms with E-state index in [9.17, 15) is 20.1 Å². The number of nitrogens with zero attached hydrogens (tertiary/aromatic N) is 12. The molecule has 2 spiro atoms.